The first-order valence-corrected chi connectivity index (χ1v) is 11.8. The number of carbonyl (C=O) groups is 5. The van der Waals surface area contributed by atoms with E-state index in [1.54, 1.807) is 6.92 Å². The SMILES string of the molecule is CCC(C)C(N)C(=O)NC(Cc1cnc[nH]1)C(=O)NC(CC(N)=O)C(=O)NC(CCCCN)C(=O)O. The third-order valence-corrected chi connectivity index (χ3v) is 5.77. The number of nitrogens with one attached hydrogen (secondary N) is 4. The number of nitrogens with zero attached hydrogens (tertiary/aromatic N) is 1. The van der Waals surface area contributed by atoms with Gasteiger partial charge in [0.1, 0.15) is 18.1 Å². The minimum Gasteiger partial charge on any atom is -0.480 e. The van der Waals surface area contributed by atoms with Crippen LogP contribution in [0.5, 0.6) is 0 Å². The highest BCUT2D eigenvalue weighted by Crippen LogP contribution is 2.08. The van der Waals surface area contributed by atoms with Crippen molar-refractivity contribution in [3.8, 4) is 0 Å². The number of amides is 4. The maximum atomic E-state index is 13.1. The van der Waals surface area contributed by atoms with Gasteiger partial charge in [-0.15, -0.1) is 0 Å². The van der Waals surface area contributed by atoms with Crippen LogP contribution in [0.2, 0.25) is 0 Å². The second kappa shape index (κ2) is 15.5. The van der Waals surface area contributed by atoms with Crippen LogP contribution in [-0.2, 0) is 30.4 Å². The van der Waals surface area contributed by atoms with Crippen LogP contribution < -0.4 is 33.2 Å². The van der Waals surface area contributed by atoms with Crippen molar-refractivity contribution in [2.24, 2.45) is 23.1 Å². The van der Waals surface area contributed by atoms with Crippen LogP contribution >= 0.6 is 0 Å². The Bertz CT molecular complexity index is 878. The second-order valence-electron chi connectivity index (χ2n) is 8.67. The molecule has 1 rings (SSSR count). The molecular formula is C22H38N8O6. The first-order chi connectivity index (χ1) is 17.0. The van der Waals surface area contributed by atoms with Gasteiger partial charge in [-0.25, -0.2) is 9.78 Å². The van der Waals surface area contributed by atoms with Gasteiger partial charge < -0.3 is 43.2 Å². The highest BCUT2D eigenvalue weighted by molar-refractivity contribution is 5.96. The van der Waals surface area contributed by atoms with Crippen molar-refractivity contribution in [3.05, 3.63) is 18.2 Å². The number of aromatic nitrogens is 2. The van der Waals surface area contributed by atoms with Crippen LogP contribution in [0.25, 0.3) is 0 Å². The molecule has 4 amide bonds. The fraction of sp³-hybridized carbons (Fsp3) is 0.636. The van der Waals surface area contributed by atoms with E-state index in [1.165, 1.54) is 12.5 Å². The maximum absolute atomic E-state index is 13.1. The molecule has 36 heavy (non-hydrogen) atoms. The lowest BCUT2D eigenvalue weighted by Gasteiger charge is -2.25. The topological polar surface area (TPSA) is 248 Å². The Balaban J connectivity index is 3.04. The Morgan fingerprint density at radius 2 is 1.64 bits per heavy atom. The predicted octanol–water partition coefficient (Wildman–Crippen LogP) is -2.13. The van der Waals surface area contributed by atoms with E-state index in [0.29, 0.717) is 31.5 Å². The molecular weight excluding hydrogens is 472 g/mol. The molecule has 1 aromatic heterocycles. The number of hydrogen-bond donors (Lipinski definition) is 8. The van der Waals surface area contributed by atoms with Crippen LogP contribution in [0, 0.1) is 5.92 Å². The first kappa shape index (κ1) is 30.5. The molecule has 14 heteroatoms. The molecule has 1 aromatic rings. The van der Waals surface area contributed by atoms with Crippen LogP contribution in [0.4, 0.5) is 0 Å². The van der Waals surface area contributed by atoms with E-state index in [4.69, 9.17) is 17.2 Å². The molecule has 11 N–H and O–H groups in total. The summed E-state index contributed by atoms with van der Waals surface area (Å²) >= 11 is 0. The lowest BCUT2D eigenvalue weighted by Crippen LogP contribution is -2.58. The zero-order valence-electron chi connectivity index (χ0n) is 20.7. The quantitative estimate of drug-likeness (QED) is 0.106. The Morgan fingerprint density at radius 1 is 1.03 bits per heavy atom. The van der Waals surface area contributed by atoms with Crippen LogP contribution in [0.1, 0.15) is 51.6 Å². The average molecular weight is 511 g/mol. The summed E-state index contributed by atoms with van der Waals surface area (Å²) in [5.74, 6) is -4.56. The summed E-state index contributed by atoms with van der Waals surface area (Å²) in [6.45, 7) is 4.04. The zero-order valence-corrected chi connectivity index (χ0v) is 20.7. The number of nitrogens with two attached hydrogens (primary N) is 3. The minimum absolute atomic E-state index is 0.00739. The fourth-order valence-electron chi connectivity index (χ4n) is 3.31. The number of primary amides is 1. The smallest absolute Gasteiger partial charge is 0.326 e. The van der Waals surface area contributed by atoms with E-state index < -0.39 is 60.2 Å². The van der Waals surface area contributed by atoms with E-state index in [0.717, 1.165) is 0 Å². The van der Waals surface area contributed by atoms with Crippen molar-refractivity contribution in [3.63, 3.8) is 0 Å². The van der Waals surface area contributed by atoms with Gasteiger partial charge in [0.2, 0.25) is 23.6 Å². The lowest BCUT2D eigenvalue weighted by molar-refractivity contribution is -0.142. The minimum atomic E-state index is -1.46. The number of carbonyl (C=O) groups excluding carboxylic acids is 4. The van der Waals surface area contributed by atoms with Gasteiger partial charge in [-0.3, -0.25) is 19.2 Å². The third kappa shape index (κ3) is 10.4. The summed E-state index contributed by atoms with van der Waals surface area (Å²) in [4.78, 5) is 68.5. The van der Waals surface area contributed by atoms with Gasteiger partial charge in [0.05, 0.1) is 18.8 Å². The van der Waals surface area contributed by atoms with E-state index in [1.807, 2.05) is 6.92 Å². The Kier molecular flexibility index (Phi) is 13.1. The lowest BCUT2D eigenvalue weighted by atomic mass is 9.98. The molecule has 0 aliphatic carbocycles. The zero-order chi connectivity index (χ0) is 27.3. The van der Waals surface area contributed by atoms with E-state index >= 15 is 0 Å². The highest BCUT2D eigenvalue weighted by Gasteiger charge is 2.32. The molecule has 0 aromatic carbocycles. The number of hydrogen-bond acceptors (Lipinski definition) is 8. The number of imidazole rings is 1. The Labute approximate surface area is 209 Å². The molecule has 0 aliphatic rings. The molecule has 0 saturated carbocycles. The number of unbranched alkanes of at least 4 members (excludes halogenated alkanes) is 1. The molecule has 1 heterocycles. The number of carboxylic acid groups (broad SMARTS) is 1. The van der Waals surface area contributed by atoms with Gasteiger partial charge in [-0.05, 0) is 31.7 Å². The van der Waals surface area contributed by atoms with Crippen molar-refractivity contribution in [2.45, 2.75) is 76.5 Å². The standard InChI is InChI=1S/C22H38N8O6/c1-3-12(2)18(25)21(34)30-15(8-13-10-26-11-27-13)19(32)29-16(9-17(24)31)20(33)28-14(22(35)36)6-4-5-7-23/h10-12,14-16,18H,3-9,23,25H2,1-2H3,(H2,24,31)(H,26,27)(H,28,33)(H,29,32)(H,30,34)(H,35,36). The molecule has 0 fully saturated rings. The molecule has 0 radical (unpaired) electrons. The maximum Gasteiger partial charge on any atom is 0.326 e. The second-order valence-corrected chi connectivity index (χ2v) is 8.67. The number of rotatable bonds is 17. The molecule has 14 nitrogen and oxygen atoms in total. The molecule has 0 bridgehead atoms. The van der Waals surface area contributed by atoms with Crippen LogP contribution in [0.3, 0.4) is 0 Å². The van der Waals surface area contributed by atoms with Crippen molar-refractivity contribution < 1.29 is 29.1 Å². The summed E-state index contributed by atoms with van der Waals surface area (Å²) in [6, 6.07) is -4.75. The molecule has 5 unspecified atom stereocenters. The largest absolute Gasteiger partial charge is 0.480 e. The number of aliphatic carboxylic acids is 1. The highest BCUT2D eigenvalue weighted by atomic mass is 16.4. The van der Waals surface area contributed by atoms with Crippen molar-refractivity contribution in [1.29, 1.82) is 0 Å². The van der Waals surface area contributed by atoms with Crippen molar-refractivity contribution in [2.75, 3.05) is 6.54 Å². The Morgan fingerprint density at radius 3 is 2.17 bits per heavy atom. The number of aromatic amines is 1. The summed E-state index contributed by atoms with van der Waals surface area (Å²) in [6.07, 6.45) is 4.05. The van der Waals surface area contributed by atoms with Gasteiger partial charge in [0.15, 0.2) is 0 Å². The van der Waals surface area contributed by atoms with Crippen molar-refractivity contribution >= 4 is 29.6 Å². The van der Waals surface area contributed by atoms with Gasteiger partial charge in [0, 0.05) is 18.3 Å². The number of H-pyrrole nitrogens is 1. The van der Waals surface area contributed by atoms with Gasteiger partial charge in [-0.1, -0.05) is 20.3 Å². The number of carboxylic acids is 1. The van der Waals surface area contributed by atoms with Gasteiger partial charge in [-0.2, -0.15) is 0 Å². The summed E-state index contributed by atoms with van der Waals surface area (Å²) in [5, 5.41) is 16.7. The van der Waals surface area contributed by atoms with E-state index in [2.05, 4.69) is 25.9 Å². The summed E-state index contributed by atoms with van der Waals surface area (Å²) in [7, 11) is 0. The monoisotopic (exact) mass is 510 g/mol. The van der Waals surface area contributed by atoms with E-state index in [-0.39, 0.29) is 18.8 Å². The van der Waals surface area contributed by atoms with Gasteiger partial charge >= 0.3 is 5.97 Å². The summed E-state index contributed by atoms with van der Waals surface area (Å²) in [5.41, 5.74) is 17.2. The fourth-order valence-corrected chi connectivity index (χ4v) is 3.31. The normalized spacial score (nSPS) is 15.1. The molecule has 0 saturated heterocycles. The van der Waals surface area contributed by atoms with Crippen LogP contribution in [-0.4, -0.2) is 75.4 Å². The predicted molar refractivity (Wildman–Crippen MR) is 130 cm³/mol. The Hall–Kier alpha value is -3.52. The average Bonchev–Trinajstić information content (AvgIpc) is 3.34. The van der Waals surface area contributed by atoms with Crippen LogP contribution in [0.15, 0.2) is 12.5 Å². The summed E-state index contributed by atoms with van der Waals surface area (Å²) < 4.78 is 0. The van der Waals surface area contributed by atoms with Crippen molar-refractivity contribution in [1.82, 2.24) is 25.9 Å². The first-order valence-electron chi connectivity index (χ1n) is 11.8. The van der Waals surface area contributed by atoms with Gasteiger partial charge in [0.25, 0.3) is 0 Å². The third-order valence-electron chi connectivity index (χ3n) is 5.77. The molecule has 0 spiro atoms. The molecule has 202 valence electrons. The molecule has 0 aliphatic heterocycles. The van der Waals surface area contributed by atoms with E-state index in [9.17, 15) is 29.1 Å². The molecule has 5 atom stereocenters.